The Labute approximate surface area is 107 Å². The zero-order chi connectivity index (χ0) is 11.6. The molecule has 1 atom stereocenters. The summed E-state index contributed by atoms with van der Waals surface area (Å²) in [5, 5.41) is -0.218. The summed E-state index contributed by atoms with van der Waals surface area (Å²) in [4.78, 5) is 0. The second kappa shape index (κ2) is 5.14. The predicted octanol–water partition coefficient (Wildman–Crippen LogP) is 2.72. The molecule has 0 radical (unpaired) electrons. The standard InChI is InChI=1S/C8H11BrClNO2S2/c1-5-3-7(14-8(5)9)15(12,13)11-4-6(2)10/h3,6,11H,4H2,1-2H3. The lowest BCUT2D eigenvalue weighted by Gasteiger charge is -2.05. The van der Waals surface area contributed by atoms with E-state index in [0.29, 0.717) is 4.21 Å². The SMILES string of the molecule is Cc1cc(S(=O)(=O)NCC(C)Cl)sc1Br. The molecule has 0 spiro atoms. The highest BCUT2D eigenvalue weighted by atomic mass is 79.9. The van der Waals surface area contributed by atoms with Crippen molar-refractivity contribution < 1.29 is 8.42 Å². The van der Waals surface area contributed by atoms with Crippen LogP contribution in [0.15, 0.2) is 14.1 Å². The fourth-order valence-corrected chi connectivity index (χ4v) is 4.43. The lowest BCUT2D eigenvalue weighted by Crippen LogP contribution is -2.28. The van der Waals surface area contributed by atoms with Gasteiger partial charge in [0.05, 0.1) is 3.79 Å². The van der Waals surface area contributed by atoms with Crippen LogP contribution in [0.3, 0.4) is 0 Å². The average molecular weight is 333 g/mol. The van der Waals surface area contributed by atoms with Gasteiger partial charge in [0.1, 0.15) is 4.21 Å². The molecule has 1 aromatic rings. The van der Waals surface area contributed by atoms with Gasteiger partial charge in [-0.25, -0.2) is 13.1 Å². The maximum atomic E-state index is 11.7. The first-order valence-electron chi connectivity index (χ1n) is 4.22. The minimum absolute atomic E-state index is 0.218. The van der Waals surface area contributed by atoms with Crippen molar-refractivity contribution in [1.29, 1.82) is 0 Å². The topological polar surface area (TPSA) is 46.2 Å². The lowest BCUT2D eigenvalue weighted by atomic mass is 10.4. The number of hydrogen-bond donors (Lipinski definition) is 1. The van der Waals surface area contributed by atoms with Gasteiger partial charge in [-0.05, 0) is 41.4 Å². The summed E-state index contributed by atoms with van der Waals surface area (Å²) in [7, 11) is -3.40. The van der Waals surface area contributed by atoms with Crippen molar-refractivity contribution in [2.45, 2.75) is 23.4 Å². The quantitative estimate of drug-likeness (QED) is 0.862. The molecule has 0 amide bonds. The van der Waals surface area contributed by atoms with Crippen molar-refractivity contribution in [2.24, 2.45) is 0 Å². The molecule has 0 fully saturated rings. The number of rotatable bonds is 4. The summed E-state index contributed by atoms with van der Waals surface area (Å²) in [6.07, 6.45) is 0. The summed E-state index contributed by atoms with van der Waals surface area (Å²) < 4.78 is 27.0. The van der Waals surface area contributed by atoms with Crippen LogP contribution >= 0.6 is 38.9 Å². The van der Waals surface area contributed by atoms with Gasteiger partial charge in [-0.3, -0.25) is 0 Å². The molecule has 1 heterocycles. The third-order valence-electron chi connectivity index (χ3n) is 1.65. The highest BCUT2D eigenvalue weighted by Crippen LogP contribution is 2.30. The zero-order valence-corrected chi connectivity index (χ0v) is 12.2. The van der Waals surface area contributed by atoms with Gasteiger partial charge in [-0.1, -0.05) is 0 Å². The van der Waals surface area contributed by atoms with Gasteiger partial charge in [0, 0.05) is 11.9 Å². The largest absolute Gasteiger partial charge is 0.250 e. The molecule has 0 bridgehead atoms. The Morgan fingerprint density at radius 1 is 1.67 bits per heavy atom. The molecular weight excluding hydrogens is 322 g/mol. The fraction of sp³-hybridized carbons (Fsp3) is 0.500. The van der Waals surface area contributed by atoms with Crippen molar-refractivity contribution >= 4 is 48.9 Å². The molecule has 0 saturated carbocycles. The summed E-state index contributed by atoms with van der Waals surface area (Å²) in [5.74, 6) is 0. The van der Waals surface area contributed by atoms with E-state index in [0.717, 1.165) is 9.35 Å². The average Bonchev–Trinajstić information content (AvgIpc) is 2.45. The van der Waals surface area contributed by atoms with Crippen molar-refractivity contribution in [3.8, 4) is 0 Å². The number of hydrogen-bond acceptors (Lipinski definition) is 3. The smallest absolute Gasteiger partial charge is 0.209 e. The molecule has 0 saturated heterocycles. The Morgan fingerprint density at radius 2 is 2.27 bits per heavy atom. The van der Waals surface area contributed by atoms with Crippen molar-refractivity contribution in [3.63, 3.8) is 0 Å². The highest BCUT2D eigenvalue weighted by molar-refractivity contribution is 9.11. The zero-order valence-electron chi connectivity index (χ0n) is 8.25. The van der Waals surface area contributed by atoms with Crippen LogP contribution in [0, 0.1) is 6.92 Å². The number of aryl methyl sites for hydroxylation is 1. The van der Waals surface area contributed by atoms with E-state index in [2.05, 4.69) is 20.7 Å². The fourth-order valence-electron chi connectivity index (χ4n) is 0.860. The maximum absolute atomic E-state index is 11.7. The molecule has 3 nitrogen and oxygen atoms in total. The van der Waals surface area contributed by atoms with Gasteiger partial charge in [0.15, 0.2) is 0 Å². The number of sulfonamides is 1. The van der Waals surface area contributed by atoms with Gasteiger partial charge in [0.25, 0.3) is 0 Å². The Kier molecular flexibility index (Phi) is 4.61. The van der Waals surface area contributed by atoms with Crippen LogP contribution in [-0.2, 0) is 10.0 Å². The normalized spacial score (nSPS) is 14.1. The van der Waals surface area contributed by atoms with E-state index in [1.54, 1.807) is 13.0 Å². The molecule has 0 aliphatic heterocycles. The lowest BCUT2D eigenvalue weighted by molar-refractivity contribution is 0.583. The Balaban J connectivity index is 2.87. The second-order valence-corrected chi connectivity index (χ2v) is 8.26. The van der Waals surface area contributed by atoms with Crippen molar-refractivity contribution in [2.75, 3.05) is 6.54 Å². The number of thiophene rings is 1. The molecule has 1 N–H and O–H groups in total. The molecule has 86 valence electrons. The first-order valence-corrected chi connectivity index (χ1v) is 7.75. The van der Waals surface area contributed by atoms with Crippen LogP contribution in [0.25, 0.3) is 0 Å². The number of alkyl halides is 1. The third kappa shape index (κ3) is 3.71. The van der Waals surface area contributed by atoms with Crippen LogP contribution in [0.1, 0.15) is 12.5 Å². The number of nitrogens with one attached hydrogen (secondary N) is 1. The predicted molar refractivity (Wildman–Crippen MR) is 67.3 cm³/mol. The van der Waals surface area contributed by atoms with Crippen LogP contribution < -0.4 is 4.72 Å². The molecule has 0 aliphatic rings. The minimum atomic E-state index is -3.40. The second-order valence-electron chi connectivity index (χ2n) is 3.15. The molecule has 1 aromatic heterocycles. The van der Waals surface area contributed by atoms with E-state index < -0.39 is 10.0 Å². The van der Waals surface area contributed by atoms with Gasteiger partial charge in [0.2, 0.25) is 10.0 Å². The minimum Gasteiger partial charge on any atom is -0.209 e. The monoisotopic (exact) mass is 331 g/mol. The molecule has 1 unspecified atom stereocenters. The third-order valence-corrected chi connectivity index (χ3v) is 5.84. The Hall–Kier alpha value is 0.380. The molecular formula is C8H11BrClNO2S2. The maximum Gasteiger partial charge on any atom is 0.250 e. The molecule has 15 heavy (non-hydrogen) atoms. The van der Waals surface area contributed by atoms with Crippen LogP contribution in [0.4, 0.5) is 0 Å². The van der Waals surface area contributed by atoms with Crippen molar-refractivity contribution in [1.82, 2.24) is 4.72 Å². The van der Waals surface area contributed by atoms with Crippen LogP contribution in [-0.4, -0.2) is 20.3 Å². The Bertz CT molecular complexity index is 422. The van der Waals surface area contributed by atoms with Crippen LogP contribution in [0.2, 0.25) is 0 Å². The van der Waals surface area contributed by atoms with E-state index >= 15 is 0 Å². The van der Waals surface area contributed by atoms with E-state index in [1.165, 1.54) is 11.3 Å². The highest BCUT2D eigenvalue weighted by Gasteiger charge is 2.18. The first kappa shape index (κ1) is 13.4. The summed E-state index contributed by atoms with van der Waals surface area (Å²) >= 11 is 10.2. The molecule has 1 rings (SSSR count). The van der Waals surface area contributed by atoms with E-state index in [9.17, 15) is 8.42 Å². The van der Waals surface area contributed by atoms with Gasteiger partial charge in [-0.15, -0.1) is 22.9 Å². The summed E-state index contributed by atoms with van der Waals surface area (Å²) in [6.45, 7) is 3.82. The Morgan fingerprint density at radius 3 is 2.67 bits per heavy atom. The number of halogens is 2. The van der Waals surface area contributed by atoms with Gasteiger partial charge >= 0.3 is 0 Å². The van der Waals surface area contributed by atoms with Crippen LogP contribution in [0.5, 0.6) is 0 Å². The first-order chi connectivity index (χ1) is 6.83. The molecule has 0 aliphatic carbocycles. The van der Waals surface area contributed by atoms with E-state index in [4.69, 9.17) is 11.6 Å². The van der Waals surface area contributed by atoms with Gasteiger partial charge < -0.3 is 0 Å². The van der Waals surface area contributed by atoms with E-state index in [-0.39, 0.29) is 11.9 Å². The molecule has 0 aromatic carbocycles. The van der Waals surface area contributed by atoms with Crippen molar-refractivity contribution in [3.05, 3.63) is 15.4 Å². The summed E-state index contributed by atoms with van der Waals surface area (Å²) in [5.41, 5.74) is 0.916. The van der Waals surface area contributed by atoms with E-state index in [1.807, 2.05) is 6.92 Å². The molecule has 7 heteroatoms. The van der Waals surface area contributed by atoms with Gasteiger partial charge in [-0.2, -0.15) is 0 Å². The summed E-state index contributed by atoms with van der Waals surface area (Å²) in [6, 6.07) is 1.63.